The molecule has 2 atom stereocenters. The average Bonchev–Trinajstić information content (AvgIpc) is 2.78. The molecule has 1 aliphatic rings. The molecule has 2 aromatic rings. The number of aliphatic carboxylic acids is 1. The highest BCUT2D eigenvalue weighted by Crippen LogP contribution is 2.41. The molecule has 2 unspecified atom stereocenters. The maximum Gasteiger partial charge on any atom is 0.307 e. The summed E-state index contributed by atoms with van der Waals surface area (Å²) in [5, 5.41) is 9.25. The molecular formula is C25H31NO3. The van der Waals surface area contributed by atoms with Crippen LogP contribution >= 0.6 is 0 Å². The van der Waals surface area contributed by atoms with E-state index >= 15 is 0 Å². The first-order valence-corrected chi connectivity index (χ1v) is 10.0. The Balaban J connectivity index is 2.13. The zero-order chi connectivity index (χ0) is 22.9. The predicted molar refractivity (Wildman–Crippen MR) is 117 cm³/mol. The molecule has 1 N–H and O–H groups in total. The summed E-state index contributed by atoms with van der Waals surface area (Å²) >= 11 is 0. The van der Waals surface area contributed by atoms with Gasteiger partial charge in [0.2, 0.25) is 0 Å². The molecule has 0 saturated carbocycles. The molecule has 0 spiro atoms. The summed E-state index contributed by atoms with van der Waals surface area (Å²) in [6.45, 7) is 6.23. The maximum absolute atomic E-state index is 11.3. The van der Waals surface area contributed by atoms with Crippen molar-refractivity contribution in [1.29, 1.82) is 0 Å². The number of ether oxygens (including phenoxy) is 1. The van der Waals surface area contributed by atoms with Gasteiger partial charge in [-0.15, -0.1) is 0 Å². The molecular weight excluding hydrogens is 362 g/mol. The van der Waals surface area contributed by atoms with Crippen LogP contribution in [0.25, 0.3) is 5.57 Å². The first-order valence-electron chi connectivity index (χ1n) is 11.0. The Bertz CT molecular complexity index is 1010. The van der Waals surface area contributed by atoms with E-state index in [-0.39, 0.29) is 18.6 Å². The molecule has 0 aromatic heterocycles. The molecule has 1 aliphatic heterocycles. The van der Waals surface area contributed by atoms with Gasteiger partial charge in [0.1, 0.15) is 11.9 Å². The largest absolute Gasteiger partial charge is 0.485 e. The van der Waals surface area contributed by atoms with E-state index in [9.17, 15) is 9.90 Å². The summed E-state index contributed by atoms with van der Waals surface area (Å²) in [6.07, 6.45) is 2.58. The molecule has 154 valence electrons. The lowest BCUT2D eigenvalue weighted by atomic mass is 9.89. The number of benzene rings is 2. The first kappa shape index (κ1) is 18.4. The summed E-state index contributed by atoms with van der Waals surface area (Å²) in [4.78, 5) is 13.0. The summed E-state index contributed by atoms with van der Waals surface area (Å²) in [6, 6.07) is 11.9. The fourth-order valence-corrected chi connectivity index (χ4v) is 3.72. The Hall–Kier alpha value is -2.59. The van der Waals surface area contributed by atoms with Crippen LogP contribution in [-0.4, -0.2) is 35.6 Å². The van der Waals surface area contributed by atoms with Crippen LogP contribution in [0.4, 0.5) is 0 Å². The van der Waals surface area contributed by atoms with Crippen molar-refractivity contribution in [3.05, 3.63) is 70.3 Å². The molecule has 0 bridgehead atoms. The number of carboxylic acid groups (broad SMARTS) is 1. The van der Waals surface area contributed by atoms with Crippen LogP contribution in [0.5, 0.6) is 5.75 Å². The van der Waals surface area contributed by atoms with Crippen molar-refractivity contribution in [2.24, 2.45) is 0 Å². The SMILES string of the molecule is [2H]C([2H])(C)N(C)C(C)C/C=C1\c2cc(CC(=O)O)ccc2OC(C)c2cc(C)ccc21. The lowest BCUT2D eigenvalue weighted by Gasteiger charge is -2.22. The number of rotatable bonds is 6. The predicted octanol–water partition coefficient (Wildman–Crippen LogP) is 5.24. The Morgan fingerprint density at radius 2 is 2.07 bits per heavy atom. The molecule has 0 amide bonds. The van der Waals surface area contributed by atoms with Crippen LogP contribution in [0.2, 0.25) is 0 Å². The van der Waals surface area contributed by atoms with E-state index in [1.165, 1.54) is 0 Å². The lowest BCUT2D eigenvalue weighted by molar-refractivity contribution is -0.136. The smallest absolute Gasteiger partial charge is 0.307 e. The number of carboxylic acids is 1. The zero-order valence-corrected chi connectivity index (χ0v) is 17.8. The lowest BCUT2D eigenvalue weighted by Crippen LogP contribution is -2.28. The topological polar surface area (TPSA) is 49.8 Å². The molecule has 0 aliphatic carbocycles. The fraction of sp³-hybridized carbons (Fsp3) is 0.400. The highest BCUT2D eigenvalue weighted by atomic mass is 16.5. The highest BCUT2D eigenvalue weighted by molar-refractivity contribution is 5.86. The van der Waals surface area contributed by atoms with Crippen LogP contribution < -0.4 is 4.74 Å². The van der Waals surface area contributed by atoms with Crippen molar-refractivity contribution < 1.29 is 17.4 Å². The van der Waals surface area contributed by atoms with Gasteiger partial charge in [0, 0.05) is 19.9 Å². The minimum absolute atomic E-state index is 0.0198. The highest BCUT2D eigenvalue weighted by Gasteiger charge is 2.24. The molecule has 4 heteroatoms. The number of fused-ring (bicyclic) bond motifs is 2. The van der Waals surface area contributed by atoms with E-state index in [1.54, 1.807) is 24.9 Å². The number of carbonyl (C=O) groups is 1. The monoisotopic (exact) mass is 395 g/mol. The van der Waals surface area contributed by atoms with Crippen LogP contribution in [0, 0.1) is 6.92 Å². The first-order chi connectivity index (χ1) is 14.5. The standard InChI is InChI=1S/C25H31NO3/c1-6-26(5)17(3)8-11-21-20-10-7-16(2)13-22(20)18(4)29-24-12-9-19(14-23(21)24)15-25(27)28/h7,9-14,17-18H,6,8,15H2,1-5H3,(H,27,28)/b21-11-/i6D2. The van der Waals surface area contributed by atoms with Gasteiger partial charge in [0.05, 0.1) is 6.42 Å². The second kappa shape index (κ2) is 8.83. The normalized spacial score (nSPS) is 19.5. The minimum Gasteiger partial charge on any atom is -0.485 e. The summed E-state index contributed by atoms with van der Waals surface area (Å²) < 4.78 is 22.3. The molecule has 29 heavy (non-hydrogen) atoms. The van der Waals surface area contributed by atoms with Crippen molar-refractivity contribution in [2.45, 2.75) is 52.7 Å². The molecule has 4 nitrogen and oxygen atoms in total. The van der Waals surface area contributed by atoms with E-state index in [4.69, 9.17) is 7.48 Å². The van der Waals surface area contributed by atoms with Gasteiger partial charge < -0.3 is 14.7 Å². The Kier molecular flexibility index (Phi) is 5.61. The van der Waals surface area contributed by atoms with Crippen molar-refractivity contribution in [1.82, 2.24) is 4.90 Å². The number of nitrogens with zero attached hydrogens (tertiary/aromatic N) is 1. The van der Waals surface area contributed by atoms with Crippen LogP contribution in [0.1, 0.15) is 63.9 Å². The second-order valence-electron chi connectivity index (χ2n) is 7.79. The number of aryl methyl sites for hydroxylation is 1. The molecule has 0 fully saturated rings. The van der Waals surface area contributed by atoms with Gasteiger partial charge in [-0.2, -0.15) is 0 Å². The third kappa shape index (κ3) is 4.70. The molecule has 3 rings (SSSR count). The van der Waals surface area contributed by atoms with E-state index in [0.29, 0.717) is 6.42 Å². The zero-order valence-electron chi connectivity index (χ0n) is 19.8. The van der Waals surface area contributed by atoms with Crippen molar-refractivity contribution >= 4 is 11.5 Å². The van der Waals surface area contributed by atoms with Crippen molar-refractivity contribution in [3.63, 3.8) is 0 Å². The molecule has 0 saturated heterocycles. The fourth-order valence-electron chi connectivity index (χ4n) is 3.72. The third-order valence-corrected chi connectivity index (χ3v) is 5.61. The Labute approximate surface area is 176 Å². The maximum atomic E-state index is 11.3. The van der Waals surface area contributed by atoms with Crippen LogP contribution in [0.3, 0.4) is 0 Å². The van der Waals surface area contributed by atoms with Gasteiger partial charge in [-0.1, -0.05) is 42.8 Å². The Morgan fingerprint density at radius 3 is 2.76 bits per heavy atom. The van der Waals surface area contributed by atoms with E-state index in [1.807, 2.05) is 26.0 Å². The van der Waals surface area contributed by atoms with Gasteiger partial charge in [0.25, 0.3) is 0 Å². The average molecular weight is 396 g/mol. The van der Waals surface area contributed by atoms with Gasteiger partial charge in [0.15, 0.2) is 0 Å². The van der Waals surface area contributed by atoms with E-state index < -0.39 is 12.5 Å². The summed E-state index contributed by atoms with van der Waals surface area (Å²) in [7, 11) is 1.79. The van der Waals surface area contributed by atoms with Gasteiger partial charge in [-0.05, 0) is 69.6 Å². The quantitative estimate of drug-likeness (QED) is 0.727. The molecule has 1 heterocycles. The second-order valence-corrected chi connectivity index (χ2v) is 7.79. The Morgan fingerprint density at radius 1 is 1.31 bits per heavy atom. The minimum atomic E-state index is -1.42. The third-order valence-electron chi connectivity index (χ3n) is 5.61. The van der Waals surface area contributed by atoms with E-state index in [2.05, 4.69) is 31.2 Å². The molecule has 2 aromatic carbocycles. The van der Waals surface area contributed by atoms with Crippen LogP contribution in [-0.2, 0) is 11.2 Å². The van der Waals surface area contributed by atoms with Crippen molar-refractivity contribution in [2.75, 3.05) is 13.5 Å². The summed E-state index contributed by atoms with van der Waals surface area (Å²) in [5.74, 6) is -0.140. The molecule has 0 radical (unpaired) electrons. The van der Waals surface area contributed by atoms with Gasteiger partial charge in [-0.3, -0.25) is 4.79 Å². The summed E-state index contributed by atoms with van der Waals surface area (Å²) in [5.41, 5.74) is 5.91. The van der Waals surface area contributed by atoms with E-state index in [0.717, 1.165) is 39.1 Å². The van der Waals surface area contributed by atoms with Gasteiger partial charge >= 0.3 is 5.97 Å². The van der Waals surface area contributed by atoms with Crippen molar-refractivity contribution in [3.8, 4) is 5.75 Å². The number of hydrogen-bond acceptors (Lipinski definition) is 3. The number of hydrogen-bond donors (Lipinski definition) is 1. The van der Waals surface area contributed by atoms with Gasteiger partial charge in [-0.25, -0.2) is 0 Å². The van der Waals surface area contributed by atoms with Crippen LogP contribution in [0.15, 0.2) is 42.5 Å².